The number of carbonyl (C=O) groups is 1. The van der Waals surface area contributed by atoms with Crippen molar-refractivity contribution in [2.75, 3.05) is 5.32 Å². The molecule has 0 saturated heterocycles. The summed E-state index contributed by atoms with van der Waals surface area (Å²) in [5.41, 5.74) is 2.13. The number of benzene rings is 1. The van der Waals surface area contributed by atoms with Gasteiger partial charge in [-0.2, -0.15) is 0 Å². The van der Waals surface area contributed by atoms with Gasteiger partial charge in [-0.25, -0.2) is 0 Å². The van der Waals surface area contributed by atoms with Crippen LogP contribution in [0.1, 0.15) is 19.8 Å². The molecule has 1 aromatic rings. The Morgan fingerprint density at radius 1 is 1.41 bits per heavy atom. The van der Waals surface area contributed by atoms with Crippen molar-refractivity contribution in [3.63, 3.8) is 0 Å². The van der Waals surface area contributed by atoms with E-state index in [1.54, 1.807) is 11.8 Å². The van der Waals surface area contributed by atoms with E-state index in [-0.39, 0.29) is 5.78 Å². The third-order valence-corrected chi connectivity index (χ3v) is 4.53. The summed E-state index contributed by atoms with van der Waals surface area (Å²) in [4.78, 5) is 13.9. The molecule has 3 rings (SSSR count). The molecule has 1 N–H and O–H groups in total. The predicted molar refractivity (Wildman–Crippen MR) is 71.4 cm³/mol. The molecule has 0 radical (unpaired) electrons. The van der Waals surface area contributed by atoms with Gasteiger partial charge in [0.1, 0.15) is 0 Å². The van der Waals surface area contributed by atoms with Gasteiger partial charge < -0.3 is 5.32 Å². The highest BCUT2D eigenvalue weighted by atomic mass is 35.5. The first kappa shape index (κ1) is 11.2. The number of carbonyl (C=O) groups excluding carboxylic acids is 1. The summed E-state index contributed by atoms with van der Waals surface area (Å²) in [5, 5.41) is 4.07. The maximum atomic E-state index is 12.0. The molecule has 1 heterocycles. The molecule has 4 heteroatoms. The number of rotatable bonds is 0. The van der Waals surface area contributed by atoms with Gasteiger partial charge in [-0.1, -0.05) is 30.3 Å². The molecule has 0 saturated carbocycles. The summed E-state index contributed by atoms with van der Waals surface area (Å²) < 4.78 is 0. The Morgan fingerprint density at radius 2 is 2.24 bits per heavy atom. The summed E-state index contributed by atoms with van der Waals surface area (Å²) in [6.07, 6.45) is 1.61. The lowest BCUT2D eigenvalue weighted by atomic mass is 9.92. The topological polar surface area (TPSA) is 29.1 Å². The first-order valence-electron chi connectivity index (χ1n) is 5.64. The van der Waals surface area contributed by atoms with Gasteiger partial charge in [-0.15, -0.1) is 0 Å². The van der Waals surface area contributed by atoms with Crippen molar-refractivity contribution in [3.8, 4) is 0 Å². The van der Waals surface area contributed by atoms with Gasteiger partial charge in [0.25, 0.3) is 0 Å². The molecule has 0 amide bonds. The molecule has 1 unspecified atom stereocenters. The highest BCUT2D eigenvalue weighted by Gasteiger charge is 2.29. The molecule has 1 atom stereocenters. The van der Waals surface area contributed by atoms with E-state index < -0.39 is 0 Å². The molecule has 1 aliphatic carbocycles. The van der Waals surface area contributed by atoms with Crippen LogP contribution >= 0.6 is 23.4 Å². The molecule has 88 valence electrons. The fraction of sp³-hybridized carbons (Fsp3) is 0.308. The highest BCUT2D eigenvalue weighted by molar-refractivity contribution is 8.04. The lowest BCUT2D eigenvalue weighted by Gasteiger charge is -2.29. The van der Waals surface area contributed by atoms with Crippen molar-refractivity contribution in [1.29, 1.82) is 0 Å². The van der Waals surface area contributed by atoms with Crippen molar-refractivity contribution >= 4 is 34.8 Å². The number of Topliss-reactive ketones (excluding diaryl/α,β-unsaturated/α-hetero) is 1. The lowest BCUT2D eigenvalue weighted by molar-refractivity contribution is -0.116. The number of nitrogens with one attached hydrogen (secondary N) is 1. The maximum absolute atomic E-state index is 12.0. The number of fused-ring (bicyclic) bond motifs is 1. The van der Waals surface area contributed by atoms with Crippen LogP contribution in [-0.2, 0) is 4.79 Å². The van der Waals surface area contributed by atoms with Gasteiger partial charge in [0.15, 0.2) is 5.78 Å². The second-order valence-corrected chi connectivity index (χ2v) is 6.10. The number of halogens is 1. The monoisotopic (exact) mass is 265 g/mol. The van der Waals surface area contributed by atoms with Crippen molar-refractivity contribution < 1.29 is 4.79 Å². The fourth-order valence-electron chi connectivity index (χ4n) is 2.27. The predicted octanol–water partition coefficient (Wildman–Crippen LogP) is 4.07. The number of allylic oxidation sites excluding steroid dienone is 2. The molecule has 0 bridgehead atoms. The number of thioether (sulfide) groups is 1. The van der Waals surface area contributed by atoms with Gasteiger partial charge in [-0.3, -0.25) is 4.79 Å². The minimum absolute atomic E-state index is 0.252. The van der Waals surface area contributed by atoms with E-state index in [2.05, 4.69) is 12.2 Å². The van der Waals surface area contributed by atoms with Crippen LogP contribution in [0.3, 0.4) is 0 Å². The molecular formula is C13H12ClNOS. The van der Waals surface area contributed by atoms with Crippen LogP contribution in [0.2, 0.25) is 5.02 Å². The van der Waals surface area contributed by atoms with E-state index in [1.165, 1.54) is 0 Å². The Kier molecular flexibility index (Phi) is 2.68. The Balaban J connectivity index is 2.01. The first-order valence-corrected chi connectivity index (χ1v) is 6.83. The zero-order valence-electron chi connectivity index (χ0n) is 9.42. The molecule has 1 aromatic carbocycles. The average Bonchev–Trinajstić information content (AvgIpc) is 2.27. The highest BCUT2D eigenvalue weighted by Crippen LogP contribution is 2.45. The SMILES string of the molecule is CC1CC(=O)C2=C(C1)Nc1ccc(Cl)cc1S2. The summed E-state index contributed by atoms with van der Waals surface area (Å²) in [7, 11) is 0. The number of hydrogen-bond donors (Lipinski definition) is 1. The Bertz CT molecular complexity index is 538. The summed E-state index contributed by atoms with van der Waals surface area (Å²) in [6, 6.07) is 5.75. The Morgan fingerprint density at radius 3 is 3.06 bits per heavy atom. The zero-order chi connectivity index (χ0) is 12.0. The van der Waals surface area contributed by atoms with Crippen LogP contribution in [0.5, 0.6) is 0 Å². The summed E-state index contributed by atoms with van der Waals surface area (Å²) in [5.74, 6) is 0.685. The number of hydrogen-bond acceptors (Lipinski definition) is 3. The van der Waals surface area contributed by atoms with Crippen LogP contribution in [0, 0.1) is 5.92 Å². The van der Waals surface area contributed by atoms with E-state index in [1.807, 2.05) is 18.2 Å². The van der Waals surface area contributed by atoms with Gasteiger partial charge in [0.05, 0.1) is 10.6 Å². The lowest BCUT2D eigenvalue weighted by Crippen LogP contribution is -2.22. The van der Waals surface area contributed by atoms with Crippen molar-refractivity contribution in [3.05, 3.63) is 33.8 Å². The summed E-state index contributed by atoms with van der Waals surface area (Å²) >= 11 is 7.52. The van der Waals surface area contributed by atoms with Gasteiger partial charge in [-0.05, 0) is 30.5 Å². The molecule has 0 fully saturated rings. The second-order valence-electron chi connectivity index (χ2n) is 4.61. The molecule has 2 aliphatic rings. The van der Waals surface area contributed by atoms with Crippen LogP contribution in [0.15, 0.2) is 33.7 Å². The minimum atomic E-state index is 0.252. The quantitative estimate of drug-likeness (QED) is 0.767. The van der Waals surface area contributed by atoms with Crippen molar-refractivity contribution in [2.45, 2.75) is 24.7 Å². The van der Waals surface area contributed by atoms with Crippen LogP contribution in [-0.4, -0.2) is 5.78 Å². The van der Waals surface area contributed by atoms with Crippen molar-refractivity contribution in [1.82, 2.24) is 0 Å². The van der Waals surface area contributed by atoms with E-state index in [0.29, 0.717) is 17.4 Å². The molecule has 2 nitrogen and oxygen atoms in total. The Hall–Kier alpha value is -0.930. The number of ketones is 1. The average molecular weight is 266 g/mol. The van der Waals surface area contributed by atoms with Crippen LogP contribution < -0.4 is 5.32 Å². The molecule has 0 spiro atoms. The standard InChI is InChI=1S/C13H12ClNOS/c1-7-4-10-13(11(16)5-7)17-12-6-8(14)2-3-9(12)15-10/h2-3,6-7,15H,4-5H2,1H3. The largest absolute Gasteiger partial charge is 0.357 e. The van der Waals surface area contributed by atoms with E-state index in [9.17, 15) is 4.79 Å². The van der Waals surface area contributed by atoms with Gasteiger partial charge >= 0.3 is 0 Å². The zero-order valence-corrected chi connectivity index (χ0v) is 11.0. The first-order chi connectivity index (χ1) is 8.13. The fourth-order valence-corrected chi connectivity index (χ4v) is 3.60. The molecular weight excluding hydrogens is 254 g/mol. The van der Waals surface area contributed by atoms with Crippen LogP contribution in [0.25, 0.3) is 0 Å². The Labute approximate surface area is 109 Å². The molecule has 0 aromatic heterocycles. The van der Waals surface area contributed by atoms with Gasteiger partial charge in [0, 0.05) is 22.0 Å². The summed E-state index contributed by atoms with van der Waals surface area (Å²) in [6.45, 7) is 2.12. The number of anilines is 1. The maximum Gasteiger partial charge on any atom is 0.171 e. The van der Waals surface area contributed by atoms with Crippen molar-refractivity contribution in [2.24, 2.45) is 5.92 Å². The van der Waals surface area contributed by atoms with Gasteiger partial charge in [0.2, 0.25) is 0 Å². The molecule has 17 heavy (non-hydrogen) atoms. The third kappa shape index (κ3) is 1.98. The minimum Gasteiger partial charge on any atom is -0.357 e. The van der Waals surface area contributed by atoms with E-state index in [0.717, 1.165) is 27.6 Å². The normalized spacial score (nSPS) is 22.9. The van der Waals surface area contributed by atoms with E-state index in [4.69, 9.17) is 11.6 Å². The third-order valence-electron chi connectivity index (χ3n) is 3.06. The second kappa shape index (κ2) is 4.07. The smallest absolute Gasteiger partial charge is 0.171 e. The van der Waals surface area contributed by atoms with Crippen LogP contribution in [0.4, 0.5) is 5.69 Å². The molecule has 1 aliphatic heterocycles. The van der Waals surface area contributed by atoms with E-state index >= 15 is 0 Å².